The average molecular weight is 325 g/mol. The maximum Gasteiger partial charge on any atom is 0.0236 e. The molecule has 0 spiro atoms. The van der Waals surface area contributed by atoms with Crippen LogP contribution in [-0.4, -0.2) is 30.6 Å². The largest absolute Gasteiger partial charge is 0.316 e. The van der Waals surface area contributed by atoms with Crippen molar-refractivity contribution >= 4 is 15.9 Å². The Morgan fingerprint density at radius 1 is 1.32 bits per heavy atom. The fourth-order valence-corrected chi connectivity index (χ4v) is 2.96. The number of benzene rings is 1. The van der Waals surface area contributed by atoms with E-state index in [0.717, 1.165) is 16.9 Å². The molecule has 2 nitrogen and oxygen atoms in total. The van der Waals surface area contributed by atoms with Crippen LogP contribution < -0.4 is 5.32 Å². The normalized spacial score (nSPS) is 20.2. The van der Waals surface area contributed by atoms with E-state index in [2.05, 4.69) is 64.3 Å². The van der Waals surface area contributed by atoms with Crippen LogP contribution in [0.2, 0.25) is 0 Å². The Bertz CT molecular complexity index is 369. The Labute approximate surface area is 125 Å². The lowest BCUT2D eigenvalue weighted by molar-refractivity contribution is 0.164. The summed E-state index contributed by atoms with van der Waals surface area (Å²) >= 11 is 3.50. The van der Waals surface area contributed by atoms with Crippen molar-refractivity contribution in [1.29, 1.82) is 0 Å². The predicted octanol–water partition coefficient (Wildman–Crippen LogP) is 3.66. The van der Waals surface area contributed by atoms with Gasteiger partial charge in [-0.3, -0.25) is 4.90 Å². The molecule has 1 aliphatic rings. The Morgan fingerprint density at radius 3 is 2.63 bits per heavy atom. The van der Waals surface area contributed by atoms with E-state index in [1.807, 2.05) is 0 Å². The van der Waals surface area contributed by atoms with Gasteiger partial charge in [-0.15, -0.1) is 0 Å². The van der Waals surface area contributed by atoms with Crippen LogP contribution in [0.1, 0.15) is 32.3 Å². The van der Waals surface area contributed by atoms with Crippen molar-refractivity contribution in [3.05, 3.63) is 34.3 Å². The van der Waals surface area contributed by atoms with Crippen LogP contribution in [0, 0.1) is 5.92 Å². The third-order valence-corrected chi connectivity index (χ3v) is 4.45. The summed E-state index contributed by atoms with van der Waals surface area (Å²) in [6.45, 7) is 9.25. The van der Waals surface area contributed by atoms with E-state index in [1.165, 1.54) is 38.0 Å². The number of hydrogen-bond donors (Lipinski definition) is 1. The number of rotatable bonds is 5. The minimum atomic E-state index is 0.602. The summed E-state index contributed by atoms with van der Waals surface area (Å²) < 4.78 is 1.16. The molecule has 1 saturated heterocycles. The molecule has 1 N–H and O–H groups in total. The number of nitrogens with zero attached hydrogens (tertiary/aromatic N) is 1. The summed E-state index contributed by atoms with van der Waals surface area (Å²) in [4.78, 5) is 2.60. The van der Waals surface area contributed by atoms with Crippen LogP contribution in [0.4, 0.5) is 0 Å². The predicted molar refractivity (Wildman–Crippen MR) is 85.3 cm³/mol. The lowest BCUT2D eigenvalue weighted by atomic mass is 9.98. The second-order valence-corrected chi connectivity index (χ2v) is 6.78. The Kier molecular flexibility index (Phi) is 5.86. The van der Waals surface area contributed by atoms with Gasteiger partial charge in [0.15, 0.2) is 0 Å². The highest BCUT2D eigenvalue weighted by molar-refractivity contribution is 9.10. The number of halogens is 1. The molecule has 0 amide bonds. The van der Waals surface area contributed by atoms with Crippen molar-refractivity contribution < 1.29 is 0 Å². The van der Waals surface area contributed by atoms with Crippen molar-refractivity contribution in [2.45, 2.75) is 39.3 Å². The fraction of sp³-hybridized carbons (Fsp3) is 0.625. The number of piperidine rings is 1. The standard InChI is InChI=1S/C16H25BrN2/c1-13(2)19(12-15-4-3-9-18-10-15)11-14-5-7-16(17)8-6-14/h5-8,13,15,18H,3-4,9-12H2,1-2H3. The molecule has 0 aromatic heterocycles. The first-order chi connectivity index (χ1) is 9.15. The Balaban J connectivity index is 1.93. The van der Waals surface area contributed by atoms with E-state index in [-0.39, 0.29) is 0 Å². The highest BCUT2D eigenvalue weighted by atomic mass is 79.9. The first kappa shape index (κ1) is 15.0. The zero-order chi connectivity index (χ0) is 13.7. The lowest BCUT2D eigenvalue weighted by Gasteiger charge is -2.32. The molecule has 106 valence electrons. The minimum Gasteiger partial charge on any atom is -0.316 e. The summed E-state index contributed by atoms with van der Waals surface area (Å²) in [6.07, 6.45) is 2.70. The van der Waals surface area contributed by atoms with E-state index in [1.54, 1.807) is 0 Å². The van der Waals surface area contributed by atoms with Gasteiger partial charge in [0.2, 0.25) is 0 Å². The van der Waals surface area contributed by atoms with Gasteiger partial charge in [-0.05, 0) is 63.4 Å². The molecule has 0 radical (unpaired) electrons. The minimum absolute atomic E-state index is 0.602. The smallest absolute Gasteiger partial charge is 0.0236 e. The maximum atomic E-state index is 3.52. The van der Waals surface area contributed by atoms with Crippen LogP contribution in [0.25, 0.3) is 0 Å². The zero-order valence-electron chi connectivity index (χ0n) is 12.0. The molecule has 1 aromatic carbocycles. The molecule has 3 heteroatoms. The van der Waals surface area contributed by atoms with E-state index < -0.39 is 0 Å². The third-order valence-electron chi connectivity index (χ3n) is 3.92. The van der Waals surface area contributed by atoms with Crippen LogP contribution in [0.15, 0.2) is 28.7 Å². The van der Waals surface area contributed by atoms with Gasteiger partial charge in [0.25, 0.3) is 0 Å². The van der Waals surface area contributed by atoms with Crippen LogP contribution >= 0.6 is 15.9 Å². The SMILES string of the molecule is CC(C)N(Cc1ccc(Br)cc1)CC1CCCNC1. The van der Waals surface area contributed by atoms with E-state index >= 15 is 0 Å². The highest BCUT2D eigenvalue weighted by Gasteiger charge is 2.18. The topological polar surface area (TPSA) is 15.3 Å². The zero-order valence-corrected chi connectivity index (χ0v) is 13.6. The summed E-state index contributed by atoms with van der Waals surface area (Å²) in [7, 11) is 0. The summed E-state index contributed by atoms with van der Waals surface area (Å²) in [5, 5.41) is 3.52. The molecule has 0 bridgehead atoms. The maximum absolute atomic E-state index is 3.52. The molecule has 0 aliphatic carbocycles. The van der Waals surface area contributed by atoms with E-state index in [0.29, 0.717) is 6.04 Å². The summed E-state index contributed by atoms with van der Waals surface area (Å²) in [5.74, 6) is 0.812. The van der Waals surface area contributed by atoms with Gasteiger partial charge in [-0.25, -0.2) is 0 Å². The second-order valence-electron chi connectivity index (χ2n) is 5.86. The van der Waals surface area contributed by atoms with Gasteiger partial charge in [0, 0.05) is 23.6 Å². The first-order valence-electron chi connectivity index (χ1n) is 7.34. The van der Waals surface area contributed by atoms with Gasteiger partial charge in [-0.1, -0.05) is 28.1 Å². The average Bonchev–Trinajstić information content (AvgIpc) is 2.41. The fourth-order valence-electron chi connectivity index (χ4n) is 2.69. The summed E-state index contributed by atoms with van der Waals surface area (Å²) in [5.41, 5.74) is 1.40. The van der Waals surface area contributed by atoms with Crippen LogP contribution in [0.5, 0.6) is 0 Å². The molecular weight excluding hydrogens is 300 g/mol. The highest BCUT2D eigenvalue weighted by Crippen LogP contribution is 2.17. The lowest BCUT2D eigenvalue weighted by Crippen LogP contribution is -2.40. The quantitative estimate of drug-likeness (QED) is 0.889. The van der Waals surface area contributed by atoms with Crippen LogP contribution in [0.3, 0.4) is 0 Å². The summed E-state index contributed by atoms with van der Waals surface area (Å²) in [6, 6.07) is 9.31. The molecule has 2 rings (SSSR count). The third kappa shape index (κ3) is 4.90. The molecule has 1 aromatic rings. The molecule has 19 heavy (non-hydrogen) atoms. The molecule has 1 heterocycles. The second kappa shape index (κ2) is 7.41. The van der Waals surface area contributed by atoms with Crippen molar-refractivity contribution in [1.82, 2.24) is 10.2 Å². The molecule has 1 atom stereocenters. The van der Waals surface area contributed by atoms with Gasteiger partial charge in [0.1, 0.15) is 0 Å². The van der Waals surface area contributed by atoms with Crippen molar-refractivity contribution in [3.8, 4) is 0 Å². The van der Waals surface area contributed by atoms with Crippen LogP contribution in [-0.2, 0) is 6.54 Å². The molecule has 1 aliphatic heterocycles. The first-order valence-corrected chi connectivity index (χ1v) is 8.13. The van der Waals surface area contributed by atoms with Gasteiger partial charge in [0.05, 0.1) is 0 Å². The molecule has 1 fully saturated rings. The molecule has 1 unspecified atom stereocenters. The Hall–Kier alpha value is -0.380. The van der Waals surface area contributed by atoms with Gasteiger partial charge < -0.3 is 5.32 Å². The van der Waals surface area contributed by atoms with Gasteiger partial charge in [-0.2, -0.15) is 0 Å². The number of nitrogens with one attached hydrogen (secondary N) is 1. The molecule has 0 saturated carbocycles. The number of hydrogen-bond acceptors (Lipinski definition) is 2. The molecular formula is C16H25BrN2. The monoisotopic (exact) mass is 324 g/mol. The van der Waals surface area contributed by atoms with Crippen molar-refractivity contribution in [2.75, 3.05) is 19.6 Å². The van der Waals surface area contributed by atoms with E-state index in [9.17, 15) is 0 Å². The van der Waals surface area contributed by atoms with E-state index in [4.69, 9.17) is 0 Å². The van der Waals surface area contributed by atoms with Gasteiger partial charge >= 0.3 is 0 Å². The van der Waals surface area contributed by atoms with Crippen molar-refractivity contribution in [3.63, 3.8) is 0 Å². The van der Waals surface area contributed by atoms with Crippen molar-refractivity contribution in [2.24, 2.45) is 5.92 Å². The Morgan fingerprint density at radius 2 is 2.05 bits per heavy atom.